The van der Waals surface area contributed by atoms with Gasteiger partial charge in [0.25, 0.3) is 0 Å². The summed E-state index contributed by atoms with van der Waals surface area (Å²) < 4.78 is 2.28. The maximum Gasteiger partial charge on any atom is 0.210 e. The van der Waals surface area contributed by atoms with E-state index in [-0.39, 0.29) is 0 Å². The number of allylic oxidation sites excluding steroid dienone is 1. The molecule has 1 heteroatoms. The van der Waals surface area contributed by atoms with E-state index in [9.17, 15) is 0 Å². The van der Waals surface area contributed by atoms with Crippen molar-refractivity contribution < 1.29 is 4.57 Å². The normalized spacial score (nSPS) is 10.5. The van der Waals surface area contributed by atoms with E-state index in [2.05, 4.69) is 52.0 Å². The van der Waals surface area contributed by atoms with Crippen molar-refractivity contribution in [3.63, 3.8) is 0 Å². The number of aromatic nitrogens is 1. The van der Waals surface area contributed by atoms with Crippen LogP contribution >= 0.6 is 0 Å². The highest BCUT2D eigenvalue weighted by Gasteiger charge is 2.18. The van der Waals surface area contributed by atoms with Crippen molar-refractivity contribution >= 4 is 5.57 Å². The second-order valence-corrected chi connectivity index (χ2v) is 4.16. The lowest BCUT2D eigenvalue weighted by Crippen LogP contribution is -2.38. The molecule has 1 nitrogen and oxygen atoms in total. The summed E-state index contributed by atoms with van der Waals surface area (Å²) in [7, 11) is 2.14. The van der Waals surface area contributed by atoms with E-state index >= 15 is 0 Å². The van der Waals surface area contributed by atoms with Crippen molar-refractivity contribution in [3.05, 3.63) is 35.2 Å². The average Bonchev–Trinajstić information content (AvgIpc) is 2.24. The predicted molar refractivity (Wildman–Crippen MR) is 65.8 cm³/mol. The van der Waals surface area contributed by atoms with E-state index in [1.807, 2.05) is 0 Å². The second kappa shape index (κ2) is 4.61. The topological polar surface area (TPSA) is 3.88 Å². The summed E-state index contributed by atoms with van der Waals surface area (Å²) in [5.41, 5.74) is 6.66. The Morgan fingerprint density at radius 3 is 2.40 bits per heavy atom. The number of rotatable bonds is 3. The van der Waals surface area contributed by atoms with Crippen molar-refractivity contribution in [1.29, 1.82) is 0 Å². The molecule has 82 valence electrons. The lowest BCUT2D eigenvalue weighted by molar-refractivity contribution is -0.680. The molecule has 0 aliphatic carbocycles. The average molecular weight is 204 g/mol. The van der Waals surface area contributed by atoms with Crippen LogP contribution in [0.25, 0.3) is 5.57 Å². The Balaban J connectivity index is 3.47. The third-order valence-electron chi connectivity index (χ3n) is 3.25. The fourth-order valence-electron chi connectivity index (χ4n) is 1.98. The first-order valence-corrected chi connectivity index (χ1v) is 5.70. The number of hydrogen-bond acceptors (Lipinski definition) is 0. The van der Waals surface area contributed by atoms with Gasteiger partial charge in [-0.25, -0.2) is 0 Å². The molecule has 0 aliphatic rings. The van der Waals surface area contributed by atoms with Gasteiger partial charge >= 0.3 is 0 Å². The van der Waals surface area contributed by atoms with Crippen LogP contribution in [0.4, 0.5) is 0 Å². The van der Waals surface area contributed by atoms with Gasteiger partial charge in [-0.1, -0.05) is 20.4 Å². The molecular formula is C14H22N+. The molecular weight excluding hydrogens is 182 g/mol. The standard InChI is InChI=1S/C14H22N/c1-7-10(3)14-13(8-2)9-11(4)12(5)15(14)6/h9H,3,7-8H2,1-2,4-6H3/q+1. The van der Waals surface area contributed by atoms with E-state index in [0.29, 0.717) is 0 Å². The van der Waals surface area contributed by atoms with Crippen LogP contribution in [0.3, 0.4) is 0 Å². The van der Waals surface area contributed by atoms with Crippen molar-refractivity contribution in [3.8, 4) is 0 Å². The van der Waals surface area contributed by atoms with E-state index in [0.717, 1.165) is 12.8 Å². The van der Waals surface area contributed by atoms with E-state index in [1.165, 1.54) is 28.1 Å². The Kier molecular flexibility index (Phi) is 3.67. The maximum absolute atomic E-state index is 4.16. The lowest BCUT2D eigenvalue weighted by Gasteiger charge is -2.10. The molecule has 1 heterocycles. The summed E-state index contributed by atoms with van der Waals surface area (Å²) >= 11 is 0. The molecule has 1 rings (SSSR count). The summed E-state index contributed by atoms with van der Waals surface area (Å²) in [5.74, 6) is 0. The SMILES string of the molecule is C=C(CC)c1c(CC)cc(C)c(C)[n+]1C. The van der Waals surface area contributed by atoms with Gasteiger partial charge in [-0.15, -0.1) is 0 Å². The Hall–Kier alpha value is -1.11. The molecule has 0 radical (unpaired) electrons. The van der Waals surface area contributed by atoms with Gasteiger partial charge in [0, 0.05) is 23.6 Å². The third kappa shape index (κ3) is 2.11. The molecule has 0 N–H and O–H groups in total. The van der Waals surface area contributed by atoms with Crippen LogP contribution in [0.1, 0.15) is 42.8 Å². The third-order valence-corrected chi connectivity index (χ3v) is 3.25. The molecule has 0 amide bonds. The highest BCUT2D eigenvalue weighted by atomic mass is 14.9. The zero-order chi connectivity index (χ0) is 11.6. The number of pyridine rings is 1. The van der Waals surface area contributed by atoms with Crippen LogP contribution in [0.15, 0.2) is 12.6 Å². The maximum atomic E-state index is 4.16. The largest absolute Gasteiger partial charge is 0.210 e. The summed E-state index contributed by atoms with van der Waals surface area (Å²) in [4.78, 5) is 0. The van der Waals surface area contributed by atoms with Crippen LogP contribution in [-0.4, -0.2) is 0 Å². The number of nitrogens with zero attached hydrogens (tertiary/aromatic N) is 1. The zero-order valence-electron chi connectivity index (χ0n) is 10.6. The van der Waals surface area contributed by atoms with E-state index in [1.54, 1.807) is 0 Å². The van der Waals surface area contributed by atoms with Gasteiger partial charge in [-0.3, -0.25) is 0 Å². The first kappa shape index (κ1) is 12.0. The highest BCUT2D eigenvalue weighted by molar-refractivity contribution is 5.60. The minimum absolute atomic E-state index is 1.02. The Morgan fingerprint density at radius 2 is 1.93 bits per heavy atom. The highest BCUT2D eigenvalue weighted by Crippen LogP contribution is 2.19. The predicted octanol–water partition coefficient (Wildman–Crippen LogP) is 3.11. The van der Waals surface area contributed by atoms with Gasteiger partial charge < -0.3 is 0 Å². The molecule has 0 saturated heterocycles. The molecule has 0 aromatic carbocycles. The van der Waals surface area contributed by atoms with Crippen LogP contribution in [-0.2, 0) is 13.5 Å². The molecule has 0 unspecified atom stereocenters. The Bertz CT molecular complexity index is 389. The summed E-state index contributed by atoms with van der Waals surface area (Å²) in [6.45, 7) is 12.9. The first-order chi connectivity index (χ1) is 7.02. The van der Waals surface area contributed by atoms with Crippen molar-refractivity contribution in [2.45, 2.75) is 40.5 Å². The van der Waals surface area contributed by atoms with Gasteiger partial charge in [-0.2, -0.15) is 4.57 Å². The van der Waals surface area contributed by atoms with Gasteiger partial charge in [-0.05, 0) is 25.8 Å². The second-order valence-electron chi connectivity index (χ2n) is 4.16. The monoisotopic (exact) mass is 204 g/mol. The molecule has 0 spiro atoms. The van der Waals surface area contributed by atoms with Crippen molar-refractivity contribution in [2.24, 2.45) is 7.05 Å². The van der Waals surface area contributed by atoms with Gasteiger partial charge in [0.05, 0.1) is 0 Å². The molecule has 15 heavy (non-hydrogen) atoms. The Morgan fingerprint density at radius 1 is 1.33 bits per heavy atom. The van der Waals surface area contributed by atoms with Gasteiger partial charge in [0.1, 0.15) is 7.05 Å². The minimum Gasteiger partial charge on any atom is -0.198 e. The van der Waals surface area contributed by atoms with Gasteiger partial charge in [0.2, 0.25) is 5.69 Å². The quantitative estimate of drug-likeness (QED) is 0.666. The van der Waals surface area contributed by atoms with Crippen LogP contribution in [0.2, 0.25) is 0 Å². The van der Waals surface area contributed by atoms with Crippen molar-refractivity contribution in [2.75, 3.05) is 0 Å². The molecule has 1 aromatic heterocycles. The summed E-state index contributed by atoms with van der Waals surface area (Å²) in [6, 6.07) is 2.30. The smallest absolute Gasteiger partial charge is 0.198 e. The Labute approximate surface area is 93.5 Å². The van der Waals surface area contributed by atoms with E-state index in [4.69, 9.17) is 0 Å². The number of hydrogen-bond donors (Lipinski definition) is 0. The van der Waals surface area contributed by atoms with Gasteiger partial charge in [0.15, 0.2) is 5.69 Å². The summed E-state index contributed by atoms with van der Waals surface area (Å²) in [5, 5.41) is 0. The first-order valence-electron chi connectivity index (χ1n) is 5.70. The fraction of sp³-hybridized carbons (Fsp3) is 0.500. The van der Waals surface area contributed by atoms with Crippen LogP contribution in [0.5, 0.6) is 0 Å². The lowest BCUT2D eigenvalue weighted by atomic mass is 10.00. The summed E-state index contributed by atoms with van der Waals surface area (Å²) in [6.07, 6.45) is 2.09. The molecule has 0 aliphatic heterocycles. The van der Waals surface area contributed by atoms with E-state index < -0.39 is 0 Å². The molecule has 0 fully saturated rings. The molecule has 0 atom stereocenters. The molecule has 0 bridgehead atoms. The fourth-order valence-corrected chi connectivity index (χ4v) is 1.98. The molecule has 0 saturated carbocycles. The minimum atomic E-state index is 1.02. The van der Waals surface area contributed by atoms with Crippen LogP contribution in [0, 0.1) is 13.8 Å². The number of aryl methyl sites for hydroxylation is 2. The van der Waals surface area contributed by atoms with Crippen LogP contribution < -0.4 is 4.57 Å². The van der Waals surface area contributed by atoms with Crippen molar-refractivity contribution in [1.82, 2.24) is 0 Å². The molecule has 1 aromatic rings. The zero-order valence-corrected chi connectivity index (χ0v) is 10.6.